The maximum Gasteiger partial charge on any atom is 0.222 e. The van der Waals surface area contributed by atoms with Crippen LogP contribution in [-0.4, -0.2) is 33.7 Å². The number of hydrogen-bond donors (Lipinski definition) is 2. The van der Waals surface area contributed by atoms with Crippen molar-refractivity contribution in [3.05, 3.63) is 29.8 Å². The van der Waals surface area contributed by atoms with Crippen LogP contribution in [0.1, 0.15) is 31.9 Å². The molecule has 6 nitrogen and oxygen atoms in total. The molecule has 1 amide bonds. The largest absolute Gasteiger partial charge is 0.497 e. The molecule has 1 rings (SSSR count). The van der Waals surface area contributed by atoms with Gasteiger partial charge in [-0.1, -0.05) is 12.1 Å². The average Bonchev–Trinajstić information content (AvgIpc) is 2.35. The molecule has 118 valence electrons. The summed E-state index contributed by atoms with van der Waals surface area (Å²) in [4.78, 5) is 11.9. The number of carbonyl (C=O) groups is 1. The lowest BCUT2D eigenvalue weighted by Crippen LogP contribution is -2.35. The van der Waals surface area contributed by atoms with Gasteiger partial charge in [0, 0.05) is 12.5 Å². The van der Waals surface area contributed by atoms with Crippen molar-refractivity contribution in [3.8, 4) is 5.75 Å². The van der Waals surface area contributed by atoms with Crippen molar-refractivity contribution in [1.82, 2.24) is 10.0 Å². The summed E-state index contributed by atoms with van der Waals surface area (Å²) in [7, 11) is -1.87. The van der Waals surface area contributed by atoms with E-state index in [4.69, 9.17) is 4.74 Å². The molecule has 21 heavy (non-hydrogen) atoms. The summed E-state index contributed by atoms with van der Waals surface area (Å²) in [5, 5.41) is 2.75. The molecule has 0 aliphatic rings. The van der Waals surface area contributed by atoms with Crippen molar-refractivity contribution in [2.45, 2.75) is 32.4 Å². The molecule has 0 radical (unpaired) electrons. The lowest BCUT2D eigenvalue weighted by molar-refractivity contribution is -0.122. The number of rotatable bonds is 7. The van der Waals surface area contributed by atoms with E-state index in [1.54, 1.807) is 31.4 Å². The summed E-state index contributed by atoms with van der Waals surface area (Å²) in [6.45, 7) is 3.70. The van der Waals surface area contributed by atoms with Gasteiger partial charge in [-0.2, -0.15) is 0 Å². The number of carbonyl (C=O) groups excluding carboxylic acids is 1. The van der Waals surface area contributed by atoms with Crippen molar-refractivity contribution in [3.63, 3.8) is 0 Å². The molecule has 1 aromatic carbocycles. The molecular formula is C14H22N2O4S. The first-order valence-electron chi connectivity index (χ1n) is 6.62. The zero-order valence-corrected chi connectivity index (χ0v) is 13.5. The second-order valence-electron chi connectivity index (χ2n) is 5.14. The standard InChI is InChI=1S/C14H22N2O4S/c1-10(2)15-14(17)9-13(16-21(4,18)19)11-5-7-12(20-3)8-6-11/h5-8,10,13,16H,9H2,1-4H3,(H,15,17)/t13-/m1/s1. The maximum absolute atomic E-state index is 11.9. The summed E-state index contributed by atoms with van der Waals surface area (Å²) in [5.74, 6) is 0.463. The van der Waals surface area contributed by atoms with Gasteiger partial charge in [0.05, 0.1) is 19.4 Å². The van der Waals surface area contributed by atoms with Crippen LogP contribution in [0.25, 0.3) is 0 Å². The predicted octanol–water partition coefficient (Wildman–Crippen LogP) is 1.20. The molecule has 2 N–H and O–H groups in total. The SMILES string of the molecule is COc1ccc([C@@H](CC(=O)NC(C)C)NS(C)(=O)=O)cc1. The Bertz CT molecular complexity index is 567. The average molecular weight is 314 g/mol. The molecule has 0 bridgehead atoms. The number of hydrogen-bond acceptors (Lipinski definition) is 4. The van der Waals surface area contributed by atoms with Gasteiger partial charge in [-0.25, -0.2) is 13.1 Å². The lowest BCUT2D eigenvalue weighted by Gasteiger charge is -2.19. The normalized spacial score (nSPS) is 13.0. The fraction of sp³-hybridized carbons (Fsp3) is 0.500. The Labute approximate surface area is 125 Å². The zero-order valence-electron chi connectivity index (χ0n) is 12.7. The third-order valence-electron chi connectivity index (χ3n) is 2.71. The highest BCUT2D eigenvalue weighted by Gasteiger charge is 2.20. The monoisotopic (exact) mass is 314 g/mol. The van der Waals surface area contributed by atoms with Crippen LogP contribution in [0.4, 0.5) is 0 Å². The fourth-order valence-electron chi connectivity index (χ4n) is 1.89. The molecule has 1 aromatic rings. The zero-order chi connectivity index (χ0) is 16.0. The number of nitrogens with one attached hydrogen (secondary N) is 2. The second-order valence-corrected chi connectivity index (χ2v) is 6.92. The minimum atomic E-state index is -3.42. The van der Waals surface area contributed by atoms with E-state index in [1.807, 2.05) is 13.8 Å². The van der Waals surface area contributed by atoms with E-state index in [0.29, 0.717) is 11.3 Å². The van der Waals surface area contributed by atoms with Crippen LogP contribution >= 0.6 is 0 Å². The van der Waals surface area contributed by atoms with E-state index in [0.717, 1.165) is 6.26 Å². The van der Waals surface area contributed by atoms with Crippen molar-refractivity contribution in [2.75, 3.05) is 13.4 Å². The Morgan fingerprint density at radius 1 is 1.24 bits per heavy atom. The Hall–Kier alpha value is -1.60. The fourth-order valence-corrected chi connectivity index (χ4v) is 2.62. The topological polar surface area (TPSA) is 84.5 Å². The van der Waals surface area contributed by atoms with Crippen LogP contribution in [0.5, 0.6) is 5.75 Å². The van der Waals surface area contributed by atoms with E-state index >= 15 is 0 Å². The Kier molecular flexibility index (Phi) is 6.17. The first-order valence-corrected chi connectivity index (χ1v) is 8.51. The molecule has 1 atom stereocenters. The third-order valence-corrected chi connectivity index (χ3v) is 3.43. The Balaban J connectivity index is 2.92. The third kappa shape index (κ3) is 6.59. The van der Waals surface area contributed by atoms with Gasteiger partial charge in [-0.3, -0.25) is 4.79 Å². The van der Waals surface area contributed by atoms with E-state index in [-0.39, 0.29) is 18.4 Å². The van der Waals surface area contributed by atoms with E-state index in [1.165, 1.54) is 0 Å². The molecule has 0 unspecified atom stereocenters. The number of methoxy groups -OCH3 is 1. The number of sulfonamides is 1. The summed E-state index contributed by atoms with van der Waals surface area (Å²) in [5.41, 5.74) is 0.708. The molecule has 0 saturated carbocycles. The second kappa shape index (κ2) is 7.42. The van der Waals surface area contributed by atoms with Gasteiger partial charge in [0.25, 0.3) is 0 Å². The highest BCUT2D eigenvalue weighted by molar-refractivity contribution is 7.88. The van der Waals surface area contributed by atoms with Crippen LogP contribution in [0.2, 0.25) is 0 Å². The molecule has 0 saturated heterocycles. The smallest absolute Gasteiger partial charge is 0.222 e. The summed E-state index contributed by atoms with van der Waals surface area (Å²) in [6.07, 6.45) is 1.11. The molecule has 0 spiro atoms. The lowest BCUT2D eigenvalue weighted by atomic mass is 10.0. The highest BCUT2D eigenvalue weighted by Crippen LogP contribution is 2.21. The van der Waals surface area contributed by atoms with Gasteiger partial charge >= 0.3 is 0 Å². The van der Waals surface area contributed by atoms with Crippen molar-refractivity contribution in [1.29, 1.82) is 0 Å². The summed E-state index contributed by atoms with van der Waals surface area (Å²) in [6, 6.07) is 6.34. The molecule has 0 aromatic heterocycles. The quantitative estimate of drug-likeness (QED) is 0.792. The van der Waals surface area contributed by atoms with Crippen LogP contribution in [0.15, 0.2) is 24.3 Å². The van der Waals surface area contributed by atoms with Crippen LogP contribution < -0.4 is 14.8 Å². The van der Waals surface area contributed by atoms with Crippen LogP contribution in [-0.2, 0) is 14.8 Å². The van der Waals surface area contributed by atoms with Gasteiger partial charge in [0.1, 0.15) is 5.75 Å². The Morgan fingerprint density at radius 2 is 1.81 bits per heavy atom. The summed E-state index contributed by atoms with van der Waals surface area (Å²) >= 11 is 0. The van der Waals surface area contributed by atoms with E-state index in [9.17, 15) is 13.2 Å². The van der Waals surface area contributed by atoms with Crippen molar-refractivity contribution < 1.29 is 17.9 Å². The van der Waals surface area contributed by atoms with Crippen molar-refractivity contribution in [2.24, 2.45) is 0 Å². The van der Waals surface area contributed by atoms with Gasteiger partial charge in [-0.05, 0) is 31.5 Å². The van der Waals surface area contributed by atoms with E-state index in [2.05, 4.69) is 10.0 Å². The highest BCUT2D eigenvalue weighted by atomic mass is 32.2. The molecule has 0 aliphatic carbocycles. The number of benzene rings is 1. The minimum absolute atomic E-state index is 0.00671. The first-order chi connectivity index (χ1) is 9.71. The Morgan fingerprint density at radius 3 is 2.24 bits per heavy atom. The van der Waals surface area contributed by atoms with Gasteiger partial charge in [0.2, 0.25) is 15.9 Å². The van der Waals surface area contributed by atoms with E-state index < -0.39 is 16.1 Å². The van der Waals surface area contributed by atoms with Crippen molar-refractivity contribution >= 4 is 15.9 Å². The minimum Gasteiger partial charge on any atom is -0.497 e. The number of amides is 1. The molecule has 0 heterocycles. The van der Waals surface area contributed by atoms with Gasteiger partial charge < -0.3 is 10.1 Å². The first kappa shape index (κ1) is 17.5. The maximum atomic E-state index is 11.9. The number of ether oxygens (including phenoxy) is 1. The predicted molar refractivity (Wildman–Crippen MR) is 81.6 cm³/mol. The molecule has 0 fully saturated rings. The van der Waals surface area contributed by atoms with Gasteiger partial charge in [0.15, 0.2) is 0 Å². The summed E-state index contributed by atoms with van der Waals surface area (Å²) < 4.78 is 30.5. The molecule has 0 aliphatic heterocycles. The van der Waals surface area contributed by atoms with Crippen LogP contribution in [0, 0.1) is 0 Å². The van der Waals surface area contributed by atoms with Crippen LogP contribution in [0.3, 0.4) is 0 Å². The van der Waals surface area contributed by atoms with Gasteiger partial charge in [-0.15, -0.1) is 0 Å². The molecular weight excluding hydrogens is 292 g/mol. The molecule has 7 heteroatoms.